The van der Waals surface area contributed by atoms with Gasteiger partial charge in [-0.05, 0) is 12.8 Å². The molecule has 0 bridgehead atoms. The fourth-order valence-corrected chi connectivity index (χ4v) is 2.31. The Kier molecular flexibility index (Phi) is 4.33. The van der Waals surface area contributed by atoms with Crippen molar-refractivity contribution >= 4 is 11.6 Å². The van der Waals surface area contributed by atoms with E-state index in [9.17, 15) is 5.11 Å². The van der Waals surface area contributed by atoms with Gasteiger partial charge >= 0.3 is 0 Å². The normalized spacial score (nSPS) is 23.1. The summed E-state index contributed by atoms with van der Waals surface area (Å²) in [6, 6.07) is 1.78. The molecule has 2 unspecified atom stereocenters. The van der Waals surface area contributed by atoms with Gasteiger partial charge in [-0.25, -0.2) is 15.8 Å². The highest BCUT2D eigenvalue weighted by Crippen LogP contribution is 2.25. The van der Waals surface area contributed by atoms with Crippen molar-refractivity contribution in [1.29, 1.82) is 0 Å². The van der Waals surface area contributed by atoms with Gasteiger partial charge in [-0.3, -0.25) is 0 Å². The minimum absolute atomic E-state index is 0.183. The number of hydrazine groups is 1. The number of nitrogens with two attached hydrogens (primary N) is 1. The highest BCUT2D eigenvalue weighted by molar-refractivity contribution is 5.46. The first kappa shape index (κ1) is 13.0. The summed E-state index contributed by atoms with van der Waals surface area (Å²) in [5.74, 6) is 7.81. The SMILES string of the molecule is CCc1nc(NN)cc(NCC2CCCC2O)n1. The van der Waals surface area contributed by atoms with Crippen molar-refractivity contribution < 1.29 is 5.11 Å². The van der Waals surface area contributed by atoms with Gasteiger partial charge in [0.25, 0.3) is 0 Å². The molecule has 1 aliphatic carbocycles. The number of anilines is 2. The lowest BCUT2D eigenvalue weighted by Gasteiger charge is -2.16. The maximum Gasteiger partial charge on any atom is 0.145 e. The van der Waals surface area contributed by atoms with Gasteiger partial charge in [-0.15, -0.1) is 0 Å². The monoisotopic (exact) mass is 251 g/mol. The van der Waals surface area contributed by atoms with Gasteiger partial charge < -0.3 is 15.8 Å². The van der Waals surface area contributed by atoms with Crippen LogP contribution >= 0.6 is 0 Å². The Bertz CT molecular complexity index is 376. The molecule has 1 aromatic rings. The maximum absolute atomic E-state index is 9.76. The number of aliphatic hydroxyl groups excluding tert-OH is 1. The topological polar surface area (TPSA) is 96.1 Å². The van der Waals surface area contributed by atoms with E-state index in [2.05, 4.69) is 20.7 Å². The average molecular weight is 251 g/mol. The Morgan fingerprint density at radius 1 is 1.39 bits per heavy atom. The zero-order valence-corrected chi connectivity index (χ0v) is 10.7. The van der Waals surface area contributed by atoms with E-state index in [4.69, 9.17) is 5.84 Å². The number of nitrogen functional groups attached to an aromatic ring is 1. The molecular weight excluding hydrogens is 230 g/mol. The van der Waals surface area contributed by atoms with E-state index in [1.165, 1.54) is 0 Å². The van der Waals surface area contributed by atoms with Crippen LogP contribution in [0.2, 0.25) is 0 Å². The van der Waals surface area contributed by atoms with Crippen LogP contribution in [0, 0.1) is 5.92 Å². The second kappa shape index (κ2) is 5.97. The highest BCUT2D eigenvalue weighted by atomic mass is 16.3. The van der Waals surface area contributed by atoms with Crippen molar-refractivity contribution in [3.05, 3.63) is 11.9 Å². The first-order chi connectivity index (χ1) is 8.72. The summed E-state index contributed by atoms with van der Waals surface area (Å²) in [6.45, 7) is 2.74. The fraction of sp³-hybridized carbons (Fsp3) is 0.667. The van der Waals surface area contributed by atoms with Crippen molar-refractivity contribution in [2.45, 2.75) is 38.7 Å². The average Bonchev–Trinajstić information content (AvgIpc) is 2.81. The minimum Gasteiger partial charge on any atom is -0.393 e. The molecule has 0 radical (unpaired) electrons. The molecule has 18 heavy (non-hydrogen) atoms. The summed E-state index contributed by atoms with van der Waals surface area (Å²) in [4.78, 5) is 8.61. The number of aromatic nitrogens is 2. The number of rotatable bonds is 5. The summed E-state index contributed by atoms with van der Waals surface area (Å²) in [5, 5.41) is 13.0. The Labute approximate surface area is 107 Å². The molecule has 2 atom stereocenters. The summed E-state index contributed by atoms with van der Waals surface area (Å²) in [5.41, 5.74) is 2.54. The van der Waals surface area contributed by atoms with E-state index in [1.807, 2.05) is 6.92 Å². The molecule has 6 heteroatoms. The number of aliphatic hydroxyl groups is 1. The predicted molar refractivity (Wildman–Crippen MR) is 71.1 cm³/mol. The van der Waals surface area contributed by atoms with Crippen LogP contribution in [-0.4, -0.2) is 27.7 Å². The van der Waals surface area contributed by atoms with E-state index in [-0.39, 0.29) is 6.10 Å². The van der Waals surface area contributed by atoms with Crippen LogP contribution in [0.5, 0.6) is 0 Å². The Morgan fingerprint density at radius 3 is 2.78 bits per heavy atom. The standard InChI is InChI=1S/C12H21N5O/c1-2-10-15-11(6-12(16-10)17-13)14-7-8-4-3-5-9(8)18/h6,8-9,18H,2-5,7,13H2,1H3,(H2,14,15,16,17). The van der Waals surface area contributed by atoms with Crippen LogP contribution in [0.3, 0.4) is 0 Å². The fourth-order valence-electron chi connectivity index (χ4n) is 2.31. The van der Waals surface area contributed by atoms with E-state index in [0.717, 1.165) is 43.9 Å². The van der Waals surface area contributed by atoms with Crippen molar-refractivity contribution in [2.24, 2.45) is 11.8 Å². The molecule has 100 valence electrons. The van der Waals surface area contributed by atoms with Crippen LogP contribution in [0.4, 0.5) is 11.6 Å². The van der Waals surface area contributed by atoms with Gasteiger partial charge in [0.2, 0.25) is 0 Å². The van der Waals surface area contributed by atoms with Gasteiger partial charge in [0.05, 0.1) is 6.10 Å². The molecule has 2 rings (SSSR count). The lowest BCUT2D eigenvalue weighted by molar-refractivity contribution is 0.138. The summed E-state index contributed by atoms with van der Waals surface area (Å²) in [6.07, 6.45) is 3.66. The predicted octanol–water partition coefficient (Wildman–Crippen LogP) is 0.897. The minimum atomic E-state index is -0.183. The smallest absolute Gasteiger partial charge is 0.145 e. The quantitative estimate of drug-likeness (QED) is 0.458. The molecule has 1 aliphatic rings. The molecule has 5 N–H and O–H groups in total. The molecule has 1 fully saturated rings. The third-order valence-corrected chi connectivity index (χ3v) is 3.40. The molecule has 1 saturated carbocycles. The van der Waals surface area contributed by atoms with E-state index >= 15 is 0 Å². The van der Waals surface area contributed by atoms with Crippen LogP contribution < -0.4 is 16.6 Å². The van der Waals surface area contributed by atoms with Gasteiger partial charge in [0.1, 0.15) is 17.5 Å². The molecule has 0 aliphatic heterocycles. The molecular formula is C12H21N5O. The molecule has 1 heterocycles. The number of hydrogen-bond donors (Lipinski definition) is 4. The third kappa shape index (κ3) is 3.08. The lowest BCUT2D eigenvalue weighted by Crippen LogP contribution is -2.22. The third-order valence-electron chi connectivity index (χ3n) is 3.40. The number of aryl methyl sites for hydroxylation is 1. The first-order valence-electron chi connectivity index (χ1n) is 6.49. The first-order valence-corrected chi connectivity index (χ1v) is 6.49. The summed E-state index contributed by atoms with van der Waals surface area (Å²) >= 11 is 0. The molecule has 0 amide bonds. The van der Waals surface area contributed by atoms with Gasteiger partial charge in [0.15, 0.2) is 0 Å². The van der Waals surface area contributed by atoms with Gasteiger partial charge in [0, 0.05) is 24.9 Å². The zero-order chi connectivity index (χ0) is 13.0. The van der Waals surface area contributed by atoms with Crippen LogP contribution in [0.25, 0.3) is 0 Å². The van der Waals surface area contributed by atoms with Crippen LogP contribution in [-0.2, 0) is 6.42 Å². The van der Waals surface area contributed by atoms with E-state index in [0.29, 0.717) is 11.7 Å². The van der Waals surface area contributed by atoms with Crippen LogP contribution in [0.1, 0.15) is 32.0 Å². The Morgan fingerprint density at radius 2 is 2.17 bits per heavy atom. The van der Waals surface area contributed by atoms with Gasteiger partial charge in [-0.2, -0.15) is 0 Å². The highest BCUT2D eigenvalue weighted by Gasteiger charge is 2.24. The largest absolute Gasteiger partial charge is 0.393 e. The van der Waals surface area contributed by atoms with E-state index < -0.39 is 0 Å². The molecule has 0 spiro atoms. The van der Waals surface area contributed by atoms with Crippen molar-refractivity contribution in [3.8, 4) is 0 Å². The van der Waals surface area contributed by atoms with Crippen LogP contribution in [0.15, 0.2) is 6.07 Å². The number of hydrogen-bond acceptors (Lipinski definition) is 6. The lowest BCUT2D eigenvalue weighted by atomic mass is 10.1. The molecule has 0 saturated heterocycles. The van der Waals surface area contributed by atoms with E-state index in [1.54, 1.807) is 6.07 Å². The van der Waals surface area contributed by atoms with Crippen molar-refractivity contribution in [1.82, 2.24) is 9.97 Å². The molecule has 1 aromatic heterocycles. The summed E-state index contributed by atoms with van der Waals surface area (Å²) in [7, 11) is 0. The Balaban J connectivity index is 1.99. The zero-order valence-electron chi connectivity index (χ0n) is 10.7. The van der Waals surface area contributed by atoms with Crippen molar-refractivity contribution in [3.63, 3.8) is 0 Å². The second-order valence-corrected chi connectivity index (χ2v) is 4.69. The maximum atomic E-state index is 9.76. The number of nitrogens with zero attached hydrogens (tertiary/aromatic N) is 2. The van der Waals surface area contributed by atoms with Crippen molar-refractivity contribution in [2.75, 3.05) is 17.3 Å². The second-order valence-electron chi connectivity index (χ2n) is 4.69. The summed E-state index contributed by atoms with van der Waals surface area (Å²) < 4.78 is 0. The Hall–Kier alpha value is -1.40. The van der Waals surface area contributed by atoms with Gasteiger partial charge in [-0.1, -0.05) is 13.3 Å². The molecule has 0 aromatic carbocycles. The molecule has 6 nitrogen and oxygen atoms in total. The number of nitrogens with one attached hydrogen (secondary N) is 2.